The topological polar surface area (TPSA) is 50.4 Å². The fourth-order valence-electron chi connectivity index (χ4n) is 2.71. The Morgan fingerprint density at radius 2 is 1.73 bits per heavy atom. The van der Waals surface area contributed by atoms with Crippen LogP contribution in [0.25, 0.3) is 0 Å². The van der Waals surface area contributed by atoms with Gasteiger partial charge in [-0.1, -0.05) is 39.5 Å². The van der Waals surface area contributed by atoms with Crippen LogP contribution in [0.5, 0.6) is 0 Å². The molecule has 2 N–H and O–H groups in total. The lowest BCUT2D eigenvalue weighted by molar-refractivity contribution is 0.0465. The Balaban J connectivity index is 1.92. The van der Waals surface area contributed by atoms with E-state index < -0.39 is 5.60 Å². The summed E-state index contributed by atoms with van der Waals surface area (Å²) in [6, 6.07) is 0.842. The Labute approximate surface area is 136 Å². The molecule has 0 aromatic rings. The zero-order valence-corrected chi connectivity index (χ0v) is 15.2. The second kappa shape index (κ2) is 9.39. The first kappa shape index (κ1) is 19.3. The minimum absolute atomic E-state index is 0.276. The Morgan fingerprint density at radius 1 is 1.09 bits per heavy atom. The Kier molecular flexibility index (Phi) is 8.23. The van der Waals surface area contributed by atoms with Gasteiger partial charge in [0.1, 0.15) is 5.60 Å². The lowest BCUT2D eigenvalue weighted by Gasteiger charge is -2.36. The van der Waals surface area contributed by atoms with Crippen LogP contribution in [0.15, 0.2) is 0 Å². The Bertz CT molecular complexity index is 318. The van der Waals surface area contributed by atoms with Crippen molar-refractivity contribution in [3.63, 3.8) is 0 Å². The Hall–Kier alpha value is -0.770. The highest BCUT2D eigenvalue weighted by molar-refractivity contribution is 5.68. The van der Waals surface area contributed by atoms with E-state index in [1.807, 2.05) is 20.8 Å². The highest BCUT2D eigenvalue weighted by atomic mass is 16.6. The van der Waals surface area contributed by atoms with Gasteiger partial charge in [0.25, 0.3) is 0 Å². The van der Waals surface area contributed by atoms with E-state index in [9.17, 15) is 4.79 Å². The molecule has 1 aliphatic rings. The van der Waals surface area contributed by atoms with Gasteiger partial charge in [0.05, 0.1) is 0 Å². The summed E-state index contributed by atoms with van der Waals surface area (Å²) in [4.78, 5) is 11.6. The van der Waals surface area contributed by atoms with Crippen molar-refractivity contribution < 1.29 is 9.53 Å². The normalized spacial score (nSPS) is 21.5. The summed E-state index contributed by atoms with van der Waals surface area (Å²) in [5, 5.41) is 6.51. The second-order valence-electron chi connectivity index (χ2n) is 8.06. The summed E-state index contributed by atoms with van der Waals surface area (Å²) in [6.07, 6.45) is 8.41. The number of alkyl carbamates (subject to hydrolysis) is 1. The van der Waals surface area contributed by atoms with Gasteiger partial charge in [0.2, 0.25) is 0 Å². The molecule has 1 amide bonds. The van der Waals surface area contributed by atoms with Crippen LogP contribution in [0.1, 0.15) is 79.6 Å². The van der Waals surface area contributed by atoms with Gasteiger partial charge >= 0.3 is 6.09 Å². The van der Waals surface area contributed by atoms with Crippen molar-refractivity contribution >= 4 is 6.09 Å². The molecule has 0 bridgehead atoms. The minimum atomic E-state index is -0.416. The molecule has 0 radical (unpaired) electrons. The smallest absolute Gasteiger partial charge is 0.407 e. The zero-order chi connectivity index (χ0) is 16.6. The largest absolute Gasteiger partial charge is 0.444 e. The van der Waals surface area contributed by atoms with Gasteiger partial charge in [-0.3, -0.25) is 0 Å². The van der Waals surface area contributed by atoms with Gasteiger partial charge in [-0.05, 0) is 52.5 Å². The number of nitrogens with one attached hydrogen (secondary N) is 2. The monoisotopic (exact) mass is 312 g/mol. The van der Waals surface area contributed by atoms with Crippen molar-refractivity contribution in [2.45, 2.75) is 97.2 Å². The van der Waals surface area contributed by atoms with Crippen LogP contribution in [0.3, 0.4) is 0 Å². The number of carbonyl (C=O) groups excluding carboxylic acids is 1. The minimum Gasteiger partial charge on any atom is -0.444 e. The van der Waals surface area contributed by atoms with Crippen molar-refractivity contribution in [2.75, 3.05) is 6.54 Å². The Morgan fingerprint density at radius 3 is 2.32 bits per heavy atom. The fraction of sp³-hybridized carbons (Fsp3) is 0.944. The van der Waals surface area contributed by atoms with Crippen molar-refractivity contribution in [2.24, 2.45) is 5.92 Å². The first-order valence-electron chi connectivity index (χ1n) is 8.99. The summed E-state index contributed by atoms with van der Waals surface area (Å²) in [7, 11) is 0. The summed E-state index contributed by atoms with van der Waals surface area (Å²) in [5.74, 6) is 0.836. The molecule has 130 valence electrons. The molecule has 4 heteroatoms. The van der Waals surface area contributed by atoms with E-state index in [1.165, 1.54) is 32.1 Å². The molecule has 0 aromatic carbocycles. The van der Waals surface area contributed by atoms with Gasteiger partial charge < -0.3 is 15.4 Å². The van der Waals surface area contributed by atoms with Crippen LogP contribution in [0, 0.1) is 5.92 Å². The number of carbonyl (C=O) groups is 1. The maximum absolute atomic E-state index is 11.6. The molecule has 22 heavy (non-hydrogen) atoms. The number of unbranched alkanes of at least 4 members (excludes halogenated alkanes) is 3. The maximum atomic E-state index is 11.6. The third-order valence-corrected chi connectivity index (χ3v) is 4.00. The van der Waals surface area contributed by atoms with E-state index in [2.05, 4.69) is 24.5 Å². The predicted molar refractivity (Wildman–Crippen MR) is 92.1 cm³/mol. The highest BCUT2D eigenvalue weighted by Gasteiger charge is 2.30. The molecule has 0 heterocycles. The van der Waals surface area contributed by atoms with Gasteiger partial charge in [0.15, 0.2) is 0 Å². The molecule has 1 rings (SSSR count). The first-order valence-corrected chi connectivity index (χ1v) is 8.99. The number of hydrogen-bond acceptors (Lipinski definition) is 3. The van der Waals surface area contributed by atoms with Crippen LogP contribution < -0.4 is 10.6 Å². The van der Waals surface area contributed by atoms with E-state index in [0.29, 0.717) is 6.04 Å². The summed E-state index contributed by atoms with van der Waals surface area (Å²) >= 11 is 0. The quantitative estimate of drug-likeness (QED) is 0.626. The summed E-state index contributed by atoms with van der Waals surface area (Å²) in [5.41, 5.74) is -0.416. The first-order chi connectivity index (χ1) is 10.3. The van der Waals surface area contributed by atoms with Crippen molar-refractivity contribution in [1.82, 2.24) is 10.6 Å². The molecule has 0 saturated heterocycles. The van der Waals surface area contributed by atoms with E-state index in [0.717, 1.165) is 25.3 Å². The molecule has 0 atom stereocenters. The van der Waals surface area contributed by atoms with Crippen molar-refractivity contribution in [3.05, 3.63) is 0 Å². The van der Waals surface area contributed by atoms with Gasteiger partial charge in [-0.15, -0.1) is 0 Å². The average molecular weight is 312 g/mol. The molecule has 0 aromatic heterocycles. The highest BCUT2D eigenvalue weighted by Crippen LogP contribution is 2.20. The number of ether oxygens (including phenoxy) is 1. The lowest BCUT2D eigenvalue weighted by Crippen LogP contribution is -2.53. The molecule has 1 saturated carbocycles. The number of hydrogen-bond donors (Lipinski definition) is 2. The molecule has 0 unspecified atom stereocenters. The third-order valence-electron chi connectivity index (χ3n) is 4.00. The van der Waals surface area contributed by atoms with E-state index in [-0.39, 0.29) is 12.1 Å². The molecule has 1 fully saturated rings. The summed E-state index contributed by atoms with van der Waals surface area (Å²) in [6.45, 7) is 11.3. The van der Waals surface area contributed by atoms with Crippen LogP contribution >= 0.6 is 0 Å². The maximum Gasteiger partial charge on any atom is 0.407 e. The molecule has 0 aliphatic heterocycles. The molecule has 1 aliphatic carbocycles. The second-order valence-corrected chi connectivity index (χ2v) is 8.06. The van der Waals surface area contributed by atoms with Crippen molar-refractivity contribution in [3.8, 4) is 0 Å². The zero-order valence-electron chi connectivity index (χ0n) is 15.2. The van der Waals surface area contributed by atoms with Gasteiger partial charge in [0, 0.05) is 12.1 Å². The number of rotatable bonds is 9. The van der Waals surface area contributed by atoms with Crippen LogP contribution in [0.2, 0.25) is 0 Å². The fourth-order valence-corrected chi connectivity index (χ4v) is 2.71. The van der Waals surface area contributed by atoms with E-state index in [1.54, 1.807) is 0 Å². The number of amides is 1. The lowest BCUT2D eigenvalue weighted by atomic mass is 9.87. The van der Waals surface area contributed by atoms with Gasteiger partial charge in [-0.25, -0.2) is 4.79 Å². The van der Waals surface area contributed by atoms with Crippen LogP contribution in [0.4, 0.5) is 4.79 Å². The van der Waals surface area contributed by atoms with Crippen LogP contribution in [-0.2, 0) is 4.74 Å². The molecule has 0 spiro atoms. The van der Waals surface area contributed by atoms with E-state index >= 15 is 0 Å². The standard InChI is InChI=1S/C18H36N2O2/c1-14(2)10-8-6-7-9-11-19-15-12-16(13-15)20-17(21)22-18(3,4)5/h14-16,19H,6-13H2,1-5H3,(H,20,21). The predicted octanol–water partition coefficient (Wildman–Crippen LogP) is 4.24. The van der Waals surface area contributed by atoms with Crippen LogP contribution in [-0.4, -0.2) is 30.3 Å². The SMILES string of the molecule is CC(C)CCCCCCNC1CC(NC(=O)OC(C)(C)C)C1. The van der Waals surface area contributed by atoms with E-state index in [4.69, 9.17) is 4.74 Å². The summed E-state index contributed by atoms with van der Waals surface area (Å²) < 4.78 is 5.26. The van der Waals surface area contributed by atoms with Gasteiger partial charge in [-0.2, -0.15) is 0 Å². The molecular formula is C18H36N2O2. The molecular weight excluding hydrogens is 276 g/mol. The average Bonchev–Trinajstić information content (AvgIpc) is 2.31. The third kappa shape index (κ3) is 9.29. The molecule has 4 nitrogen and oxygen atoms in total. The van der Waals surface area contributed by atoms with Crippen molar-refractivity contribution in [1.29, 1.82) is 0 Å².